The van der Waals surface area contributed by atoms with E-state index in [1.54, 1.807) is 6.07 Å². The second-order valence-electron chi connectivity index (χ2n) is 6.67. The molecule has 2 aromatic carbocycles. The van der Waals surface area contributed by atoms with Gasteiger partial charge >= 0.3 is 0 Å². The van der Waals surface area contributed by atoms with Crippen LogP contribution in [0, 0.1) is 49.7 Å². The Labute approximate surface area is 231 Å². The first kappa shape index (κ1) is 28.6. The molecule has 0 radical (unpaired) electrons. The number of hydrogen-bond acceptors (Lipinski definition) is 3. The van der Waals surface area contributed by atoms with Crippen LogP contribution < -0.4 is 0 Å². The van der Waals surface area contributed by atoms with E-state index in [0.717, 1.165) is 22.8 Å². The molecule has 0 aliphatic rings. The van der Waals surface area contributed by atoms with Gasteiger partial charge in [-0.2, -0.15) is 15.5 Å². The average Bonchev–Trinajstić information content (AvgIpc) is 3.26. The number of H-pyrrole nitrogens is 1. The zero-order chi connectivity index (χ0) is 24.1. The van der Waals surface area contributed by atoms with Gasteiger partial charge in [-0.05, 0) is 144 Å². The monoisotopic (exact) mass is 765 g/mol. The quantitative estimate of drug-likeness (QED) is 0.204. The van der Waals surface area contributed by atoms with Gasteiger partial charge in [-0.15, -0.1) is 0 Å². The molecule has 2 heterocycles. The Hall–Kier alpha value is -1.46. The number of aromatic nitrogens is 4. The van der Waals surface area contributed by atoms with Gasteiger partial charge in [-0.1, -0.05) is 12.1 Å². The number of hydrogen-bond donors (Lipinski definition) is 1. The smallest absolute Gasteiger partial charge is 0.0659 e. The number of aromatic amines is 1. The summed E-state index contributed by atoms with van der Waals surface area (Å²) in [5, 5.41) is 18.5. The predicted molar refractivity (Wildman–Crippen MR) is 157 cm³/mol. The Morgan fingerprint density at radius 1 is 0.812 bits per heavy atom. The normalized spacial score (nSPS) is 9.22. The zero-order valence-corrected chi connectivity index (χ0v) is 25.2. The summed E-state index contributed by atoms with van der Waals surface area (Å²) in [5.41, 5.74) is 5.53. The van der Waals surface area contributed by atoms with E-state index < -0.39 is 0 Å². The minimum atomic E-state index is 1.05. The highest BCUT2D eigenvalue weighted by Crippen LogP contribution is 2.14. The minimum absolute atomic E-state index is 1.05. The molecule has 8 heteroatoms. The Morgan fingerprint density at radius 2 is 1.34 bits per heavy atom. The van der Waals surface area contributed by atoms with E-state index in [1.165, 1.54) is 23.3 Å². The SMILES string of the molecule is CC#N.Cc1cc(C)[nH]n1.Cc1cc(C)n(-c2cccc(I)c2)n1.Ic1cccc(I)c1. The number of rotatable bonds is 1. The molecule has 0 fully saturated rings. The number of halogens is 3. The molecule has 0 atom stereocenters. The Bertz CT molecular complexity index is 1110. The molecule has 0 aliphatic carbocycles. The fourth-order valence-electron chi connectivity index (χ4n) is 2.51. The fraction of sp³-hybridized carbons (Fsp3) is 0.208. The molecule has 4 aromatic rings. The lowest BCUT2D eigenvalue weighted by molar-refractivity contribution is 0.833. The van der Waals surface area contributed by atoms with E-state index in [9.17, 15) is 0 Å². The minimum Gasteiger partial charge on any atom is -0.283 e. The van der Waals surface area contributed by atoms with Crippen molar-refractivity contribution in [1.82, 2.24) is 20.0 Å². The summed E-state index contributed by atoms with van der Waals surface area (Å²) in [7, 11) is 0. The first-order valence-corrected chi connectivity index (χ1v) is 12.9. The molecule has 0 amide bonds. The van der Waals surface area contributed by atoms with Crippen molar-refractivity contribution in [1.29, 1.82) is 5.26 Å². The van der Waals surface area contributed by atoms with E-state index >= 15 is 0 Å². The average molecular weight is 765 g/mol. The second-order valence-corrected chi connectivity index (χ2v) is 10.4. The van der Waals surface area contributed by atoms with Crippen molar-refractivity contribution < 1.29 is 0 Å². The summed E-state index contributed by atoms with van der Waals surface area (Å²) in [5.74, 6) is 0. The van der Waals surface area contributed by atoms with Gasteiger partial charge in [0, 0.05) is 29.0 Å². The molecule has 4 rings (SSSR count). The van der Waals surface area contributed by atoms with Crippen molar-refractivity contribution in [2.24, 2.45) is 0 Å². The Balaban J connectivity index is 0.000000243. The Morgan fingerprint density at radius 3 is 1.66 bits per heavy atom. The lowest BCUT2D eigenvalue weighted by atomic mass is 10.3. The molecule has 0 unspecified atom stereocenters. The summed E-state index contributed by atoms with van der Waals surface area (Å²) in [6, 6.07) is 22.5. The van der Waals surface area contributed by atoms with Crippen LogP contribution in [-0.2, 0) is 0 Å². The highest BCUT2D eigenvalue weighted by Gasteiger charge is 2.02. The van der Waals surface area contributed by atoms with E-state index in [2.05, 4.69) is 139 Å². The summed E-state index contributed by atoms with van der Waals surface area (Å²) < 4.78 is 5.80. The van der Waals surface area contributed by atoms with Gasteiger partial charge < -0.3 is 0 Å². The molecule has 5 nitrogen and oxygen atoms in total. The third-order valence-electron chi connectivity index (χ3n) is 3.68. The van der Waals surface area contributed by atoms with Gasteiger partial charge in [-0.25, -0.2) is 4.68 Å². The Kier molecular flexibility index (Phi) is 13.7. The van der Waals surface area contributed by atoms with Crippen molar-refractivity contribution in [3.05, 3.63) is 94.1 Å². The number of nitrogens with one attached hydrogen (secondary N) is 1. The number of benzene rings is 2. The zero-order valence-electron chi connectivity index (χ0n) is 18.7. The van der Waals surface area contributed by atoms with Gasteiger partial charge in [0.15, 0.2) is 0 Å². The highest BCUT2D eigenvalue weighted by atomic mass is 127. The van der Waals surface area contributed by atoms with Crippen LogP contribution in [-0.4, -0.2) is 20.0 Å². The van der Waals surface area contributed by atoms with E-state index in [-0.39, 0.29) is 0 Å². The number of nitriles is 1. The standard InChI is InChI=1S/C11H11IN2.C6H4I2.C5H8N2.C2H3N/c1-8-6-9(2)14(13-8)11-5-3-4-10(12)7-11;7-5-2-1-3-6(8)4-5;1-4-3-5(2)7-6-4;1-2-3/h3-7H,1-2H3;1-4H;3H,1-2H3,(H,6,7);1H3. The van der Waals surface area contributed by atoms with Crippen LogP contribution in [0.4, 0.5) is 0 Å². The van der Waals surface area contributed by atoms with Crippen LogP contribution in [0.1, 0.15) is 29.7 Å². The molecular weight excluding hydrogens is 739 g/mol. The van der Waals surface area contributed by atoms with Gasteiger partial charge in [0.05, 0.1) is 23.1 Å². The van der Waals surface area contributed by atoms with Crippen molar-refractivity contribution in [2.45, 2.75) is 34.6 Å². The van der Waals surface area contributed by atoms with Crippen LogP contribution in [0.15, 0.2) is 60.7 Å². The molecule has 0 saturated carbocycles. The van der Waals surface area contributed by atoms with Crippen molar-refractivity contribution in [3.8, 4) is 11.8 Å². The van der Waals surface area contributed by atoms with Crippen molar-refractivity contribution in [2.75, 3.05) is 0 Å². The fourth-order valence-corrected chi connectivity index (χ4v) is 4.72. The maximum absolute atomic E-state index is 7.32. The molecule has 32 heavy (non-hydrogen) atoms. The van der Waals surface area contributed by atoms with Gasteiger partial charge in [0.25, 0.3) is 0 Å². The highest BCUT2D eigenvalue weighted by molar-refractivity contribution is 14.1. The van der Waals surface area contributed by atoms with Crippen LogP contribution >= 0.6 is 67.8 Å². The molecular formula is C24H26I3N5. The van der Waals surface area contributed by atoms with Gasteiger partial charge in [0.1, 0.15) is 0 Å². The lowest BCUT2D eigenvalue weighted by Gasteiger charge is -2.03. The molecule has 168 valence electrons. The summed E-state index contributed by atoms with van der Waals surface area (Å²) in [4.78, 5) is 0. The molecule has 0 saturated heterocycles. The van der Waals surface area contributed by atoms with Gasteiger partial charge in [-0.3, -0.25) is 5.10 Å². The van der Waals surface area contributed by atoms with E-state index in [0.29, 0.717) is 0 Å². The number of nitrogens with zero attached hydrogens (tertiary/aromatic N) is 4. The summed E-state index contributed by atoms with van der Waals surface area (Å²) in [6.07, 6.45) is 0. The largest absolute Gasteiger partial charge is 0.283 e. The maximum atomic E-state index is 7.32. The van der Waals surface area contributed by atoms with Gasteiger partial charge in [0.2, 0.25) is 0 Å². The molecule has 2 aromatic heterocycles. The van der Waals surface area contributed by atoms with Crippen molar-refractivity contribution in [3.63, 3.8) is 0 Å². The van der Waals surface area contributed by atoms with Crippen LogP contribution in [0.5, 0.6) is 0 Å². The molecule has 0 bridgehead atoms. The first-order chi connectivity index (χ1) is 15.2. The topological polar surface area (TPSA) is 70.3 Å². The van der Waals surface area contributed by atoms with Crippen LogP contribution in [0.2, 0.25) is 0 Å². The maximum Gasteiger partial charge on any atom is 0.0659 e. The lowest BCUT2D eigenvalue weighted by Crippen LogP contribution is -1.98. The first-order valence-electron chi connectivity index (χ1n) is 9.66. The summed E-state index contributed by atoms with van der Waals surface area (Å²) >= 11 is 6.91. The van der Waals surface area contributed by atoms with Crippen LogP contribution in [0.3, 0.4) is 0 Å². The molecule has 0 aliphatic heterocycles. The molecule has 0 spiro atoms. The van der Waals surface area contributed by atoms with E-state index in [1.807, 2.05) is 37.6 Å². The third kappa shape index (κ3) is 11.4. The third-order valence-corrected chi connectivity index (χ3v) is 5.70. The predicted octanol–water partition coefficient (Wildman–Crippen LogP) is 7.55. The van der Waals surface area contributed by atoms with Crippen LogP contribution in [0.25, 0.3) is 5.69 Å². The summed E-state index contributed by atoms with van der Waals surface area (Å²) in [6.45, 7) is 9.46. The molecule has 1 N–H and O–H groups in total. The number of aryl methyl sites for hydroxylation is 4. The second kappa shape index (κ2) is 15.4. The van der Waals surface area contributed by atoms with Crippen molar-refractivity contribution >= 4 is 67.8 Å². The van der Waals surface area contributed by atoms with E-state index in [4.69, 9.17) is 5.26 Å².